The third-order valence-electron chi connectivity index (χ3n) is 7.93. The molecule has 0 unspecified atom stereocenters. The molecule has 232 valence electrons. The molecule has 2 aliphatic heterocycles. The van der Waals surface area contributed by atoms with Crippen molar-refractivity contribution >= 4 is 39.1 Å². The number of methoxy groups -OCH3 is 1. The van der Waals surface area contributed by atoms with E-state index in [0.29, 0.717) is 22.5 Å². The fourth-order valence-electron chi connectivity index (χ4n) is 5.32. The van der Waals surface area contributed by atoms with Crippen molar-refractivity contribution in [2.75, 3.05) is 69.7 Å². The number of aromatic nitrogens is 4. The largest absolute Gasteiger partial charge is 0.490 e. The molecular formula is C31H38N8O3S2. The van der Waals surface area contributed by atoms with Gasteiger partial charge in [0.15, 0.2) is 32.4 Å². The van der Waals surface area contributed by atoms with E-state index in [1.54, 1.807) is 31.4 Å². The Balaban J connectivity index is 1.22. The van der Waals surface area contributed by atoms with Crippen molar-refractivity contribution in [3.63, 3.8) is 0 Å². The van der Waals surface area contributed by atoms with E-state index in [9.17, 15) is 8.42 Å². The average Bonchev–Trinajstić information content (AvgIpc) is 3.41. The zero-order valence-electron chi connectivity index (χ0n) is 25.1. The van der Waals surface area contributed by atoms with E-state index in [0.717, 1.165) is 61.2 Å². The van der Waals surface area contributed by atoms with Gasteiger partial charge in [0.25, 0.3) is 0 Å². The molecule has 2 saturated heterocycles. The molecule has 2 fully saturated rings. The van der Waals surface area contributed by atoms with Crippen molar-refractivity contribution in [1.82, 2.24) is 30.0 Å². The monoisotopic (exact) mass is 634 g/mol. The van der Waals surface area contributed by atoms with Crippen molar-refractivity contribution in [3.8, 4) is 5.75 Å². The Kier molecular flexibility index (Phi) is 9.36. The van der Waals surface area contributed by atoms with Crippen molar-refractivity contribution in [1.29, 1.82) is 0 Å². The molecule has 44 heavy (non-hydrogen) atoms. The number of aromatic amines is 1. The van der Waals surface area contributed by atoms with Gasteiger partial charge in [-0.15, -0.1) is 0 Å². The van der Waals surface area contributed by atoms with E-state index in [1.165, 1.54) is 31.3 Å². The van der Waals surface area contributed by atoms with Gasteiger partial charge < -0.3 is 19.9 Å². The lowest BCUT2D eigenvalue weighted by Crippen LogP contribution is -2.50. The van der Waals surface area contributed by atoms with E-state index < -0.39 is 9.84 Å². The number of rotatable bonds is 12. The summed E-state index contributed by atoms with van der Waals surface area (Å²) in [6.45, 7) is 10.1. The van der Waals surface area contributed by atoms with Gasteiger partial charge in [0, 0.05) is 55.9 Å². The maximum atomic E-state index is 13.0. The highest BCUT2D eigenvalue weighted by Crippen LogP contribution is 2.38. The van der Waals surface area contributed by atoms with Gasteiger partial charge in [-0.3, -0.25) is 10.00 Å². The van der Waals surface area contributed by atoms with E-state index >= 15 is 0 Å². The highest BCUT2D eigenvalue weighted by Gasteiger charge is 2.26. The maximum Gasteiger partial charge on any atom is 0.204 e. The number of hydrogen-bond donors (Lipinski definition) is 2. The van der Waals surface area contributed by atoms with Crippen LogP contribution < -0.4 is 15.0 Å². The van der Waals surface area contributed by atoms with E-state index in [4.69, 9.17) is 14.7 Å². The fourth-order valence-corrected chi connectivity index (χ4v) is 7.42. The summed E-state index contributed by atoms with van der Waals surface area (Å²) in [4.78, 5) is 18.1. The highest BCUT2D eigenvalue weighted by atomic mass is 32.2. The number of H-pyrrole nitrogens is 1. The molecule has 0 radical (unpaired) electrons. The molecule has 0 spiro atoms. The number of benzene rings is 2. The molecule has 13 heteroatoms. The third kappa shape index (κ3) is 7.34. The van der Waals surface area contributed by atoms with Gasteiger partial charge in [-0.1, -0.05) is 30.3 Å². The minimum absolute atomic E-state index is 0.0432. The second-order valence-electron chi connectivity index (χ2n) is 11.1. The van der Waals surface area contributed by atoms with Crippen LogP contribution in [0.2, 0.25) is 0 Å². The Hall–Kier alpha value is -3.65. The number of hydrogen-bond acceptors (Lipinski definition) is 11. The first-order valence-corrected chi connectivity index (χ1v) is 17.3. The number of nitrogens with one attached hydrogen (secondary N) is 2. The van der Waals surface area contributed by atoms with Crippen molar-refractivity contribution < 1.29 is 13.2 Å². The Morgan fingerprint density at radius 1 is 0.932 bits per heavy atom. The molecule has 0 atom stereocenters. The number of likely N-dealkylation sites (tertiary alicyclic amines) is 1. The summed E-state index contributed by atoms with van der Waals surface area (Å²) in [6, 6.07) is 18.0. The van der Waals surface area contributed by atoms with Crippen LogP contribution in [0, 0.1) is 6.92 Å². The molecule has 0 aliphatic carbocycles. The predicted molar refractivity (Wildman–Crippen MR) is 173 cm³/mol. The topological polar surface area (TPSA) is 120 Å². The fraction of sp³-hybridized carbons (Fsp3) is 0.387. The summed E-state index contributed by atoms with van der Waals surface area (Å²) in [5, 5.41) is 11.1. The van der Waals surface area contributed by atoms with Gasteiger partial charge >= 0.3 is 0 Å². The van der Waals surface area contributed by atoms with Crippen LogP contribution in [0.25, 0.3) is 0 Å². The van der Waals surface area contributed by atoms with Crippen LogP contribution in [0.5, 0.6) is 5.75 Å². The second kappa shape index (κ2) is 13.6. The molecule has 2 N–H and O–H groups in total. The first kappa shape index (κ1) is 30.4. The molecule has 6 rings (SSSR count). The molecule has 2 aromatic heterocycles. The lowest BCUT2D eigenvalue weighted by atomic mass is 10.2. The summed E-state index contributed by atoms with van der Waals surface area (Å²) in [5.41, 5.74) is 1.68. The van der Waals surface area contributed by atoms with Crippen molar-refractivity contribution in [2.45, 2.75) is 34.0 Å². The number of ether oxygens (including phenoxy) is 1. The standard InChI is InChI=1S/C31H38N8O3S2/c1-23-21-27(36-35-23)32-29-28(42-2)30(39-19-17-38(18-20-39)16-15-37-13-6-14-37)34-31(33-29)43-25-9-11-26(12-10-25)44(40,41)22-24-7-4-3-5-8-24/h3-5,7-12,21H,6,13-20,22H2,1-2H3,(H2,32,33,34,35,36). The van der Waals surface area contributed by atoms with Crippen molar-refractivity contribution in [3.05, 3.63) is 71.9 Å². The Labute approximate surface area is 262 Å². The molecule has 2 aromatic carbocycles. The summed E-state index contributed by atoms with van der Waals surface area (Å²) in [6.07, 6.45) is 1.31. The lowest BCUT2D eigenvalue weighted by Gasteiger charge is -2.38. The third-order valence-corrected chi connectivity index (χ3v) is 10.5. The van der Waals surface area contributed by atoms with E-state index in [1.807, 2.05) is 43.3 Å². The number of nitrogens with zero attached hydrogens (tertiary/aromatic N) is 6. The Morgan fingerprint density at radius 3 is 2.25 bits per heavy atom. The molecule has 11 nitrogen and oxygen atoms in total. The SMILES string of the molecule is COc1c(Nc2cc(C)[nH]n2)nc(Sc2ccc(S(=O)(=O)Cc3ccccc3)cc2)nc1N1CCN(CCN2CCC2)CC1. The number of sulfone groups is 1. The maximum absolute atomic E-state index is 13.0. The molecular weight excluding hydrogens is 597 g/mol. The van der Waals surface area contributed by atoms with Crippen LogP contribution in [0.3, 0.4) is 0 Å². The summed E-state index contributed by atoms with van der Waals surface area (Å²) in [7, 11) is -1.84. The number of aryl methyl sites for hydroxylation is 1. The molecule has 0 saturated carbocycles. The van der Waals surface area contributed by atoms with Crippen LogP contribution >= 0.6 is 11.8 Å². The van der Waals surface area contributed by atoms with E-state index in [-0.39, 0.29) is 10.6 Å². The second-order valence-corrected chi connectivity index (χ2v) is 14.1. The average molecular weight is 635 g/mol. The van der Waals surface area contributed by atoms with Crippen LogP contribution in [-0.2, 0) is 15.6 Å². The first-order chi connectivity index (χ1) is 21.4. The van der Waals surface area contributed by atoms with Crippen LogP contribution in [0.15, 0.2) is 75.6 Å². The molecule has 4 aromatic rings. The summed E-state index contributed by atoms with van der Waals surface area (Å²) < 4.78 is 31.9. The van der Waals surface area contributed by atoms with Gasteiger partial charge in [-0.25, -0.2) is 18.4 Å². The minimum atomic E-state index is -3.47. The lowest BCUT2D eigenvalue weighted by molar-refractivity contribution is 0.145. The van der Waals surface area contributed by atoms with Crippen LogP contribution in [0.1, 0.15) is 17.7 Å². The number of piperazine rings is 1. The van der Waals surface area contributed by atoms with Crippen LogP contribution in [0.4, 0.5) is 17.5 Å². The van der Waals surface area contributed by atoms with Gasteiger partial charge in [0.1, 0.15) is 0 Å². The predicted octanol–water partition coefficient (Wildman–Crippen LogP) is 4.21. The Morgan fingerprint density at radius 2 is 1.64 bits per heavy atom. The van der Waals surface area contributed by atoms with Gasteiger partial charge in [0.05, 0.1) is 17.8 Å². The van der Waals surface area contributed by atoms with Gasteiger partial charge in [-0.05, 0) is 68.0 Å². The Bertz CT molecular complexity index is 1650. The zero-order valence-corrected chi connectivity index (χ0v) is 26.7. The van der Waals surface area contributed by atoms with Crippen molar-refractivity contribution in [2.24, 2.45) is 0 Å². The summed E-state index contributed by atoms with van der Waals surface area (Å²) >= 11 is 1.38. The molecule has 0 bridgehead atoms. The molecule has 0 amide bonds. The van der Waals surface area contributed by atoms with Crippen LogP contribution in [-0.4, -0.2) is 97.9 Å². The van der Waals surface area contributed by atoms with E-state index in [2.05, 4.69) is 30.2 Å². The van der Waals surface area contributed by atoms with Gasteiger partial charge in [-0.2, -0.15) is 5.10 Å². The smallest absolute Gasteiger partial charge is 0.204 e. The quantitative estimate of drug-likeness (QED) is 0.218. The molecule has 4 heterocycles. The zero-order chi connectivity index (χ0) is 30.5. The molecule has 2 aliphatic rings. The first-order valence-electron chi connectivity index (χ1n) is 14.9. The number of anilines is 3. The normalized spacial score (nSPS) is 16.1. The summed E-state index contributed by atoms with van der Waals surface area (Å²) in [5.74, 6) is 2.40. The minimum Gasteiger partial charge on any atom is -0.490 e. The van der Waals surface area contributed by atoms with Gasteiger partial charge in [0.2, 0.25) is 5.75 Å². The highest BCUT2D eigenvalue weighted by molar-refractivity contribution is 7.99.